The Morgan fingerprint density at radius 2 is 1.69 bits per heavy atom. The molecule has 0 spiro atoms. The SMILES string of the molecule is COc1ccccc1N1CCN(C(=O)CNC(=O)Cn2ccc3ccccc3c2=O)CC1. The Labute approximate surface area is 186 Å². The molecule has 1 aliphatic rings. The highest BCUT2D eigenvalue weighted by molar-refractivity contribution is 5.85. The van der Waals surface area contributed by atoms with Crippen LogP contribution in [0.2, 0.25) is 0 Å². The monoisotopic (exact) mass is 434 g/mol. The fourth-order valence-corrected chi connectivity index (χ4v) is 3.94. The molecule has 0 bridgehead atoms. The van der Waals surface area contributed by atoms with Crippen molar-refractivity contribution in [2.45, 2.75) is 6.54 Å². The van der Waals surface area contributed by atoms with E-state index in [9.17, 15) is 14.4 Å². The van der Waals surface area contributed by atoms with Gasteiger partial charge in [0.25, 0.3) is 5.56 Å². The number of fused-ring (bicyclic) bond motifs is 1. The molecule has 8 heteroatoms. The van der Waals surface area contributed by atoms with Crippen LogP contribution in [-0.2, 0) is 16.1 Å². The van der Waals surface area contributed by atoms with Crippen LogP contribution in [0.25, 0.3) is 10.8 Å². The minimum Gasteiger partial charge on any atom is -0.495 e. The second-order valence-corrected chi connectivity index (χ2v) is 7.65. The summed E-state index contributed by atoms with van der Waals surface area (Å²) in [5.41, 5.74) is 0.785. The standard InChI is InChI=1S/C24H26N4O4/c1-32-21-9-5-4-8-20(21)26-12-14-27(15-13-26)23(30)16-25-22(29)17-28-11-10-18-6-2-3-7-19(18)24(28)31/h2-11H,12-17H2,1H3,(H,25,29). The Kier molecular flexibility index (Phi) is 6.39. The molecule has 0 aliphatic carbocycles. The van der Waals surface area contributed by atoms with Gasteiger partial charge in [-0.3, -0.25) is 14.4 Å². The number of nitrogens with zero attached hydrogens (tertiary/aromatic N) is 3. The second kappa shape index (κ2) is 9.55. The molecule has 1 aliphatic heterocycles. The summed E-state index contributed by atoms with van der Waals surface area (Å²) in [6.45, 7) is 2.29. The van der Waals surface area contributed by atoms with Gasteiger partial charge in [-0.2, -0.15) is 0 Å². The van der Waals surface area contributed by atoms with Crippen molar-refractivity contribution >= 4 is 28.3 Å². The number of amides is 2. The number of rotatable bonds is 6. The van der Waals surface area contributed by atoms with Crippen molar-refractivity contribution < 1.29 is 14.3 Å². The lowest BCUT2D eigenvalue weighted by molar-refractivity contribution is -0.133. The van der Waals surface area contributed by atoms with Crippen molar-refractivity contribution in [3.8, 4) is 5.75 Å². The van der Waals surface area contributed by atoms with Crippen molar-refractivity contribution in [3.05, 3.63) is 71.1 Å². The number of ether oxygens (including phenoxy) is 1. The highest BCUT2D eigenvalue weighted by Gasteiger charge is 2.23. The maximum absolute atomic E-state index is 12.6. The third-order valence-corrected chi connectivity index (χ3v) is 5.70. The van der Waals surface area contributed by atoms with E-state index in [1.807, 2.05) is 36.4 Å². The first-order chi connectivity index (χ1) is 15.6. The van der Waals surface area contributed by atoms with Crippen LogP contribution in [0.1, 0.15) is 0 Å². The van der Waals surface area contributed by atoms with E-state index in [2.05, 4.69) is 10.2 Å². The minimum atomic E-state index is -0.372. The van der Waals surface area contributed by atoms with Gasteiger partial charge in [-0.15, -0.1) is 0 Å². The van der Waals surface area contributed by atoms with E-state index in [-0.39, 0.29) is 30.5 Å². The molecule has 2 aromatic carbocycles. The number of carbonyl (C=O) groups is 2. The molecule has 1 aromatic heterocycles. The van der Waals surface area contributed by atoms with Crippen LogP contribution >= 0.6 is 0 Å². The minimum absolute atomic E-state index is 0.0875. The number of pyridine rings is 1. The number of aromatic nitrogens is 1. The molecule has 166 valence electrons. The summed E-state index contributed by atoms with van der Waals surface area (Å²) < 4.78 is 6.78. The number of nitrogens with one attached hydrogen (secondary N) is 1. The van der Waals surface area contributed by atoms with Gasteiger partial charge in [-0.05, 0) is 29.7 Å². The van der Waals surface area contributed by atoms with Gasteiger partial charge in [0, 0.05) is 37.8 Å². The van der Waals surface area contributed by atoms with E-state index < -0.39 is 0 Å². The maximum atomic E-state index is 12.6. The van der Waals surface area contributed by atoms with Gasteiger partial charge in [0.15, 0.2) is 0 Å². The number of carbonyl (C=O) groups excluding carboxylic acids is 2. The van der Waals surface area contributed by atoms with E-state index in [1.54, 1.807) is 36.4 Å². The number of hydrogen-bond donors (Lipinski definition) is 1. The molecule has 0 unspecified atom stereocenters. The topological polar surface area (TPSA) is 83.9 Å². The predicted octanol–water partition coefficient (Wildman–Crippen LogP) is 1.48. The summed E-state index contributed by atoms with van der Waals surface area (Å²) in [5, 5.41) is 4.03. The zero-order chi connectivity index (χ0) is 22.5. The normalized spacial score (nSPS) is 13.8. The predicted molar refractivity (Wildman–Crippen MR) is 123 cm³/mol. The average Bonchev–Trinajstić information content (AvgIpc) is 2.84. The molecule has 1 N–H and O–H groups in total. The average molecular weight is 434 g/mol. The van der Waals surface area contributed by atoms with Crippen LogP contribution in [0.3, 0.4) is 0 Å². The van der Waals surface area contributed by atoms with E-state index in [0.717, 1.165) is 16.8 Å². The molecule has 2 heterocycles. The number of methoxy groups -OCH3 is 1. The molecule has 0 atom stereocenters. The fraction of sp³-hybridized carbons (Fsp3) is 0.292. The largest absolute Gasteiger partial charge is 0.495 e. The molecule has 1 fully saturated rings. The Morgan fingerprint density at radius 1 is 0.969 bits per heavy atom. The Morgan fingerprint density at radius 3 is 2.47 bits per heavy atom. The molecule has 8 nitrogen and oxygen atoms in total. The van der Waals surface area contributed by atoms with Crippen LogP contribution in [0.4, 0.5) is 5.69 Å². The summed E-state index contributed by atoms with van der Waals surface area (Å²) >= 11 is 0. The van der Waals surface area contributed by atoms with Crippen molar-refractivity contribution in [2.24, 2.45) is 0 Å². The van der Waals surface area contributed by atoms with Crippen LogP contribution in [0, 0.1) is 0 Å². The third kappa shape index (κ3) is 4.59. The summed E-state index contributed by atoms with van der Waals surface area (Å²) in [4.78, 5) is 41.4. The van der Waals surface area contributed by atoms with E-state index in [0.29, 0.717) is 31.6 Å². The number of para-hydroxylation sites is 2. The first kappa shape index (κ1) is 21.4. The highest BCUT2D eigenvalue weighted by Crippen LogP contribution is 2.28. The molecular formula is C24H26N4O4. The molecule has 2 amide bonds. The van der Waals surface area contributed by atoms with Crippen molar-refractivity contribution in [1.82, 2.24) is 14.8 Å². The van der Waals surface area contributed by atoms with Crippen LogP contribution in [0.5, 0.6) is 5.75 Å². The van der Waals surface area contributed by atoms with Crippen LogP contribution < -0.4 is 20.5 Å². The van der Waals surface area contributed by atoms with E-state index in [4.69, 9.17) is 4.74 Å². The molecular weight excluding hydrogens is 408 g/mol. The maximum Gasteiger partial charge on any atom is 0.258 e. The molecule has 1 saturated heterocycles. The van der Waals surface area contributed by atoms with Crippen LogP contribution in [0.15, 0.2) is 65.6 Å². The van der Waals surface area contributed by atoms with Gasteiger partial charge in [-0.1, -0.05) is 30.3 Å². The van der Waals surface area contributed by atoms with Gasteiger partial charge in [0.1, 0.15) is 12.3 Å². The number of benzene rings is 2. The fourth-order valence-electron chi connectivity index (χ4n) is 3.94. The van der Waals surface area contributed by atoms with Crippen LogP contribution in [-0.4, -0.2) is 61.1 Å². The molecule has 32 heavy (non-hydrogen) atoms. The summed E-state index contributed by atoms with van der Waals surface area (Å²) in [5.74, 6) is 0.302. The van der Waals surface area contributed by atoms with Crippen molar-refractivity contribution in [1.29, 1.82) is 0 Å². The highest BCUT2D eigenvalue weighted by atomic mass is 16.5. The summed E-state index contributed by atoms with van der Waals surface area (Å²) in [7, 11) is 1.65. The number of piperazine rings is 1. The van der Waals surface area contributed by atoms with Crippen molar-refractivity contribution in [3.63, 3.8) is 0 Å². The first-order valence-corrected chi connectivity index (χ1v) is 10.6. The Balaban J connectivity index is 1.28. The Hall–Kier alpha value is -3.81. The molecule has 4 rings (SSSR count). The van der Waals surface area contributed by atoms with Gasteiger partial charge in [0.05, 0.1) is 19.3 Å². The number of anilines is 1. The molecule has 3 aromatic rings. The lowest BCUT2D eigenvalue weighted by Gasteiger charge is -2.36. The lowest BCUT2D eigenvalue weighted by Crippen LogP contribution is -2.51. The van der Waals surface area contributed by atoms with Crippen molar-refractivity contribution in [2.75, 3.05) is 44.7 Å². The van der Waals surface area contributed by atoms with Gasteiger partial charge in [0.2, 0.25) is 11.8 Å². The Bertz CT molecular complexity index is 1180. The molecule has 0 saturated carbocycles. The van der Waals surface area contributed by atoms with E-state index in [1.165, 1.54) is 4.57 Å². The van der Waals surface area contributed by atoms with Gasteiger partial charge >= 0.3 is 0 Å². The summed E-state index contributed by atoms with van der Waals surface area (Å²) in [6.07, 6.45) is 1.60. The second-order valence-electron chi connectivity index (χ2n) is 7.65. The third-order valence-electron chi connectivity index (χ3n) is 5.70. The number of hydrogen-bond acceptors (Lipinski definition) is 5. The molecule has 0 radical (unpaired) electrons. The quantitative estimate of drug-likeness (QED) is 0.635. The first-order valence-electron chi connectivity index (χ1n) is 10.6. The summed E-state index contributed by atoms with van der Waals surface area (Å²) in [6, 6.07) is 16.9. The smallest absolute Gasteiger partial charge is 0.258 e. The van der Waals surface area contributed by atoms with Gasteiger partial charge in [-0.25, -0.2) is 0 Å². The zero-order valence-electron chi connectivity index (χ0n) is 18.0. The van der Waals surface area contributed by atoms with Gasteiger partial charge < -0.3 is 24.4 Å². The van der Waals surface area contributed by atoms with E-state index >= 15 is 0 Å². The zero-order valence-corrected chi connectivity index (χ0v) is 18.0. The lowest BCUT2D eigenvalue weighted by atomic mass is 10.2.